The van der Waals surface area contributed by atoms with E-state index in [9.17, 15) is 9.59 Å². The predicted molar refractivity (Wildman–Crippen MR) is 112 cm³/mol. The second-order valence-electron chi connectivity index (χ2n) is 7.97. The topological polar surface area (TPSA) is 58.2 Å². The lowest BCUT2D eigenvalue weighted by molar-refractivity contribution is -0.130. The van der Waals surface area contributed by atoms with E-state index < -0.39 is 12.0 Å². The Labute approximate surface area is 167 Å². The van der Waals surface area contributed by atoms with Crippen LogP contribution in [0.25, 0.3) is 0 Å². The van der Waals surface area contributed by atoms with Crippen molar-refractivity contribution < 1.29 is 9.59 Å². The van der Waals surface area contributed by atoms with Gasteiger partial charge in [0.2, 0.25) is 11.8 Å². The summed E-state index contributed by atoms with van der Waals surface area (Å²) in [5, 5.41) is 6.17. The van der Waals surface area contributed by atoms with Crippen LogP contribution in [-0.4, -0.2) is 23.9 Å². The quantitative estimate of drug-likeness (QED) is 0.765. The highest BCUT2D eigenvalue weighted by Crippen LogP contribution is 2.25. The zero-order valence-electron chi connectivity index (χ0n) is 16.7. The van der Waals surface area contributed by atoms with Gasteiger partial charge in [0.05, 0.1) is 5.92 Å². The Balaban J connectivity index is 1.80. The van der Waals surface area contributed by atoms with Crippen LogP contribution in [0, 0.1) is 5.92 Å². The molecule has 0 heterocycles. The van der Waals surface area contributed by atoms with Gasteiger partial charge in [-0.1, -0.05) is 87.4 Å². The molecule has 1 saturated carbocycles. The first-order valence-corrected chi connectivity index (χ1v) is 10.3. The third-order valence-corrected chi connectivity index (χ3v) is 5.48. The van der Waals surface area contributed by atoms with Crippen molar-refractivity contribution in [3.8, 4) is 0 Å². The van der Waals surface area contributed by atoms with Crippen LogP contribution in [0.2, 0.25) is 0 Å². The average Bonchev–Trinajstić information content (AvgIpc) is 3.20. The highest BCUT2D eigenvalue weighted by molar-refractivity contribution is 5.92. The molecule has 1 aliphatic rings. The number of benzene rings is 2. The van der Waals surface area contributed by atoms with Crippen LogP contribution in [0.4, 0.5) is 0 Å². The molecule has 28 heavy (non-hydrogen) atoms. The Morgan fingerprint density at radius 2 is 1.32 bits per heavy atom. The molecule has 1 atom stereocenters. The number of carbonyl (C=O) groups is 2. The fourth-order valence-electron chi connectivity index (χ4n) is 3.92. The standard InChI is InChI=1S/C24H30N2O2/c1-17(2)22(24(28)25-20-15-9-10-16-20)26-23(27)21(18-11-5-3-6-12-18)19-13-7-4-8-14-19/h3-8,11-14,17,20-22H,9-10,15-16H2,1-2H3,(H,25,28)(H,26,27)/t22-/m1/s1. The lowest BCUT2D eigenvalue weighted by atomic mass is 9.89. The van der Waals surface area contributed by atoms with Crippen molar-refractivity contribution in [1.29, 1.82) is 0 Å². The van der Waals surface area contributed by atoms with Gasteiger partial charge in [-0.25, -0.2) is 0 Å². The van der Waals surface area contributed by atoms with Crippen LogP contribution in [0.5, 0.6) is 0 Å². The van der Waals surface area contributed by atoms with E-state index in [0.29, 0.717) is 0 Å². The maximum atomic E-state index is 13.3. The molecule has 3 rings (SSSR count). The van der Waals surface area contributed by atoms with Crippen LogP contribution in [-0.2, 0) is 9.59 Å². The minimum Gasteiger partial charge on any atom is -0.352 e. The average molecular weight is 379 g/mol. The smallest absolute Gasteiger partial charge is 0.243 e. The zero-order valence-corrected chi connectivity index (χ0v) is 16.7. The van der Waals surface area contributed by atoms with E-state index in [2.05, 4.69) is 10.6 Å². The number of carbonyl (C=O) groups excluding carboxylic acids is 2. The first-order valence-electron chi connectivity index (χ1n) is 10.3. The second kappa shape index (κ2) is 9.54. The number of hydrogen-bond acceptors (Lipinski definition) is 2. The van der Waals surface area contributed by atoms with E-state index in [-0.39, 0.29) is 23.8 Å². The molecule has 1 fully saturated rings. The number of rotatable bonds is 7. The Kier molecular flexibility index (Phi) is 6.85. The Bertz CT molecular complexity index is 728. The van der Waals surface area contributed by atoms with E-state index in [1.165, 1.54) is 0 Å². The van der Waals surface area contributed by atoms with Crippen LogP contribution in [0.3, 0.4) is 0 Å². The predicted octanol–water partition coefficient (Wildman–Crippen LogP) is 4.02. The van der Waals surface area contributed by atoms with Crippen molar-refractivity contribution in [3.05, 3.63) is 71.8 Å². The van der Waals surface area contributed by atoms with Crippen molar-refractivity contribution in [3.63, 3.8) is 0 Å². The number of amides is 2. The lowest BCUT2D eigenvalue weighted by Crippen LogP contribution is -2.52. The van der Waals surface area contributed by atoms with Crippen molar-refractivity contribution >= 4 is 11.8 Å². The largest absolute Gasteiger partial charge is 0.352 e. The molecule has 0 radical (unpaired) electrons. The van der Waals surface area contributed by atoms with E-state index in [4.69, 9.17) is 0 Å². The molecular weight excluding hydrogens is 348 g/mol. The molecule has 2 aromatic carbocycles. The molecule has 2 N–H and O–H groups in total. The Morgan fingerprint density at radius 1 is 0.821 bits per heavy atom. The molecule has 1 aliphatic carbocycles. The van der Waals surface area contributed by atoms with Gasteiger partial charge >= 0.3 is 0 Å². The van der Waals surface area contributed by atoms with Gasteiger partial charge in [0.25, 0.3) is 0 Å². The van der Waals surface area contributed by atoms with Gasteiger partial charge in [0.1, 0.15) is 6.04 Å². The van der Waals surface area contributed by atoms with Gasteiger partial charge in [-0.2, -0.15) is 0 Å². The van der Waals surface area contributed by atoms with E-state index in [0.717, 1.165) is 36.8 Å². The molecule has 0 bridgehead atoms. The third-order valence-electron chi connectivity index (χ3n) is 5.48. The summed E-state index contributed by atoms with van der Waals surface area (Å²) in [6.45, 7) is 3.94. The summed E-state index contributed by atoms with van der Waals surface area (Å²) < 4.78 is 0. The minimum atomic E-state index is -0.539. The monoisotopic (exact) mass is 378 g/mol. The molecule has 2 amide bonds. The van der Waals surface area contributed by atoms with Gasteiger partial charge < -0.3 is 10.6 Å². The Hall–Kier alpha value is -2.62. The Morgan fingerprint density at radius 3 is 1.79 bits per heavy atom. The van der Waals surface area contributed by atoms with Crippen molar-refractivity contribution in [1.82, 2.24) is 10.6 Å². The van der Waals surface area contributed by atoms with Crippen LogP contribution >= 0.6 is 0 Å². The fourth-order valence-corrected chi connectivity index (χ4v) is 3.92. The summed E-state index contributed by atoms with van der Waals surface area (Å²) in [5.41, 5.74) is 1.84. The van der Waals surface area contributed by atoms with E-state index in [1.807, 2.05) is 74.5 Å². The SMILES string of the molecule is CC(C)[C@@H](NC(=O)C(c1ccccc1)c1ccccc1)C(=O)NC1CCCC1. The zero-order chi connectivity index (χ0) is 19.9. The molecule has 0 saturated heterocycles. The fraction of sp³-hybridized carbons (Fsp3) is 0.417. The maximum Gasteiger partial charge on any atom is 0.243 e. The van der Waals surface area contributed by atoms with Crippen LogP contribution in [0.15, 0.2) is 60.7 Å². The first-order chi connectivity index (χ1) is 13.6. The number of nitrogens with one attached hydrogen (secondary N) is 2. The van der Waals surface area contributed by atoms with Crippen molar-refractivity contribution in [2.75, 3.05) is 0 Å². The molecule has 4 heteroatoms. The molecular formula is C24H30N2O2. The molecule has 0 unspecified atom stereocenters. The number of hydrogen-bond donors (Lipinski definition) is 2. The third kappa shape index (κ3) is 5.00. The summed E-state index contributed by atoms with van der Waals surface area (Å²) in [7, 11) is 0. The van der Waals surface area contributed by atoms with E-state index in [1.54, 1.807) is 0 Å². The first kappa shape index (κ1) is 20.1. The summed E-state index contributed by atoms with van der Waals surface area (Å²) in [4.78, 5) is 26.2. The van der Waals surface area contributed by atoms with Crippen molar-refractivity contribution in [2.45, 2.75) is 57.5 Å². The van der Waals surface area contributed by atoms with Crippen molar-refractivity contribution in [2.24, 2.45) is 5.92 Å². The van der Waals surface area contributed by atoms with Crippen LogP contribution in [0.1, 0.15) is 56.6 Å². The molecule has 0 aliphatic heterocycles. The molecule has 148 valence electrons. The molecule has 0 aromatic heterocycles. The van der Waals surface area contributed by atoms with Gasteiger partial charge in [-0.3, -0.25) is 9.59 Å². The van der Waals surface area contributed by atoms with Gasteiger partial charge in [-0.15, -0.1) is 0 Å². The lowest BCUT2D eigenvalue weighted by Gasteiger charge is -2.26. The maximum absolute atomic E-state index is 13.3. The molecule has 4 nitrogen and oxygen atoms in total. The van der Waals surface area contributed by atoms with Gasteiger partial charge in [0, 0.05) is 6.04 Å². The summed E-state index contributed by atoms with van der Waals surface area (Å²) in [5.74, 6) is -0.645. The molecule has 2 aromatic rings. The van der Waals surface area contributed by atoms with Gasteiger partial charge in [-0.05, 0) is 29.9 Å². The summed E-state index contributed by atoms with van der Waals surface area (Å²) >= 11 is 0. The highest BCUT2D eigenvalue weighted by Gasteiger charge is 2.31. The second-order valence-corrected chi connectivity index (χ2v) is 7.97. The van der Waals surface area contributed by atoms with Gasteiger partial charge in [0.15, 0.2) is 0 Å². The normalized spacial score (nSPS) is 15.6. The highest BCUT2D eigenvalue weighted by atomic mass is 16.2. The van der Waals surface area contributed by atoms with E-state index >= 15 is 0 Å². The molecule has 0 spiro atoms. The summed E-state index contributed by atoms with van der Waals surface area (Å²) in [6, 6.07) is 19.2. The summed E-state index contributed by atoms with van der Waals surface area (Å²) in [6.07, 6.45) is 4.38. The minimum absolute atomic E-state index is 0.0116. The van der Waals surface area contributed by atoms with Crippen LogP contribution < -0.4 is 10.6 Å².